The van der Waals surface area contributed by atoms with E-state index in [0.29, 0.717) is 6.54 Å². The molecule has 0 atom stereocenters. The molecule has 0 aromatic carbocycles. The SMILES string of the molecule is CCNC(=NCc1nnc2n1CCCCC2)NCCCN1CCCCCC1.I. The van der Waals surface area contributed by atoms with Crippen LogP contribution in [0.5, 0.6) is 0 Å². The van der Waals surface area contributed by atoms with Crippen molar-refractivity contribution in [1.29, 1.82) is 0 Å². The zero-order chi connectivity index (χ0) is 18.7. The number of aryl methyl sites for hydroxylation is 1. The lowest BCUT2D eigenvalue weighted by Crippen LogP contribution is -2.39. The van der Waals surface area contributed by atoms with Crippen molar-refractivity contribution in [3.8, 4) is 0 Å². The van der Waals surface area contributed by atoms with E-state index >= 15 is 0 Å². The third-order valence-electron chi connectivity index (χ3n) is 5.55. The Kier molecular flexibility index (Phi) is 11.1. The Bertz CT molecular complexity index is 579. The highest BCUT2D eigenvalue weighted by Gasteiger charge is 2.14. The van der Waals surface area contributed by atoms with E-state index in [1.165, 1.54) is 64.6 Å². The summed E-state index contributed by atoms with van der Waals surface area (Å²) in [4.78, 5) is 7.37. The van der Waals surface area contributed by atoms with Gasteiger partial charge < -0.3 is 20.1 Å². The topological polar surface area (TPSA) is 70.4 Å². The maximum Gasteiger partial charge on any atom is 0.191 e. The van der Waals surface area contributed by atoms with Crippen molar-refractivity contribution < 1.29 is 0 Å². The molecule has 0 radical (unpaired) electrons. The third kappa shape index (κ3) is 7.50. The smallest absolute Gasteiger partial charge is 0.191 e. The van der Waals surface area contributed by atoms with Crippen LogP contribution in [0.3, 0.4) is 0 Å². The summed E-state index contributed by atoms with van der Waals surface area (Å²) in [5.74, 6) is 3.01. The number of nitrogens with one attached hydrogen (secondary N) is 2. The molecule has 2 aliphatic rings. The Hall–Kier alpha value is -0.900. The van der Waals surface area contributed by atoms with Gasteiger partial charge in [0, 0.05) is 26.1 Å². The van der Waals surface area contributed by atoms with Crippen molar-refractivity contribution in [1.82, 2.24) is 30.3 Å². The number of aliphatic imine (C=N–C) groups is 1. The monoisotopic (exact) mass is 503 g/mol. The molecule has 1 aromatic rings. The number of hydrogen-bond acceptors (Lipinski definition) is 4. The van der Waals surface area contributed by atoms with Gasteiger partial charge in [0.1, 0.15) is 12.4 Å². The second kappa shape index (κ2) is 13.3. The molecular weight excluding hydrogens is 465 g/mol. The summed E-state index contributed by atoms with van der Waals surface area (Å²) in [7, 11) is 0. The van der Waals surface area contributed by atoms with E-state index in [9.17, 15) is 0 Å². The average molecular weight is 503 g/mol. The molecule has 0 amide bonds. The fourth-order valence-corrected chi connectivity index (χ4v) is 4.02. The van der Waals surface area contributed by atoms with E-state index in [0.717, 1.165) is 50.1 Å². The first kappa shape index (κ1) is 23.4. The van der Waals surface area contributed by atoms with Gasteiger partial charge in [-0.3, -0.25) is 0 Å². The Morgan fingerprint density at radius 2 is 1.71 bits per heavy atom. The van der Waals surface area contributed by atoms with E-state index in [1.807, 2.05) is 0 Å². The van der Waals surface area contributed by atoms with Gasteiger partial charge in [-0.2, -0.15) is 0 Å². The first-order valence-corrected chi connectivity index (χ1v) is 11.0. The molecule has 0 aliphatic carbocycles. The largest absolute Gasteiger partial charge is 0.357 e. The lowest BCUT2D eigenvalue weighted by Gasteiger charge is -2.20. The summed E-state index contributed by atoms with van der Waals surface area (Å²) in [6.07, 6.45) is 11.5. The maximum atomic E-state index is 4.75. The van der Waals surface area contributed by atoms with Crippen molar-refractivity contribution in [2.45, 2.75) is 77.8 Å². The standard InChI is InChI=1S/C20H37N7.HI/c1-2-21-20(22-12-10-15-26-13-7-3-4-8-14-26)23-17-19-25-24-18-11-6-5-9-16-27(18)19;/h2-17H2,1H3,(H2,21,22,23);1H. The summed E-state index contributed by atoms with van der Waals surface area (Å²) in [6.45, 7) is 9.29. The quantitative estimate of drug-likeness (QED) is 0.259. The highest BCUT2D eigenvalue weighted by Crippen LogP contribution is 2.14. The van der Waals surface area contributed by atoms with Crippen LogP contribution in [0.1, 0.15) is 69.9 Å². The molecule has 28 heavy (non-hydrogen) atoms. The molecule has 3 rings (SSSR count). The fourth-order valence-electron chi connectivity index (χ4n) is 4.02. The van der Waals surface area contributed by atoms with Crippen LogP contribution in [0.25, 0.3) is 0 Å². The Morgan fingerprint density at radius 1 is 0.964 bits per heavy atom. The van der Waals surface area contributed by atoms with Crippen LogP contribution in [0.15, 0.2) is 4.99 Å². The molecule has 0 unspecified atom stereocenters. The molecule has 1 fully saturated rings. The molecule has 160 valence electrons. The van der Waals surface area contributed by atoms with Gasteiger partial charge in [-0.15, -0.1) is 34.2 Å². The van der Waals surface area contributed by atoms with Gasteiger partial charge in [-0.1, -0.05) is 19.3 Å². The number of rotatable bonds is 7. The van der Waals surface area contributed by atoms with Crippen molar-refractivity contribution in [3.05, 3.63) is 11.6 Å². The Labute approximate surface area is 187 Å². The number of nitrogens with zero attached hydrogens (tertiary/aromatic N) is 5. The Morgan fingerprint density at radius 3 is 2.50 bits per heavy atom. The lowest BCUT2D eigenvalue weighted by atomic mass is 10.2. The minimum atomic E-state index is 0. The van der Waals surface area contributed by atoms with Crippen LogP contribution in [-0.4, -0.2) is 58.3 Å². The summed E-state index contributed by atoms with van der Waals surface area (Å²) in [5.41, 5.74) is 0. The number of hydrogen-bond donors (Lipinski definition) is 2. The van der Waals surface area contributed by atoms with E-state index in [1.54, 1.807) is 0 Å². The summed E-state index contributed by atoms with van der Waals surface area (Å²) in [5, 5.41) is 15.6. The van der Waals surface area contributed by atoms with Crippen LogP contribution in [-0.2, 0) is 19.5 Å². The van der Waals surface area contributed by atoms with E-state index in [4.69, 9.17) is 4.99 Å². The van der Waals surface area contributed by atoms with Crippen LogP contribution in [0, 0.1) is 0 Å². The molecule has 1 aromatic heterocycles. The number of guanidine groups is 1. The minimum Gasteiger partial charge on any atom is -0.357 e. The van der Waals surface area contributed by atoms with Gasteiger partial charge in [0.2, 0.25) is 0 Å². The van der Waals surface area contributed by atoms with E-state index in [-0.39, 0.29) is 24.0 Å². The van der Waals surface area contributed by atoms with Crippen molar-refractivity contribution in [2.75, 3.05) is 32.7 Å². The van der Waals surface area contributed by atoms with Crippen LogP contribution in [0.4, 0.5) is 0 Å². The molecule has 0 saturated carbocycles. The highest BCUT2D eigenvalue weighted by molar-refractivity contribution is 14.0. The molecule has 8 heteroatoms. The van der Waals surface area contributed by atoms with E-state index < -0.39 is 0 Å². The second-order valence-electron chi connectivity index (χ2n) is 7.73. The zero-order valence-corrected chi connectivity index (χ0v) is 19.8. The molecule has 7 nitrogen and oxygen atoms in total. The number of likely N-dealkylation sites (tertiary alicyclic amines) is 1. The third-order valence-corrected chi connectivity index (χ3v) is 5.55. The predicted molar refractivity (Wildman–Crippen MR) is 125 cm³/mol. The molecule has 2 N–H and O–H groups in total. The first-order chi connectivity index (χ1) is 13.4. The van der Waals surface area contributed by atoms with Crippen LogP contribution in [0.2, 0.25) is 0 Å². The maximum absolute atomic E-state index is 4.75. The van der Waals surface area contributed by atoms with Gasteiger partial charge in [-0.25, -0.2) is 4.99 Å². The normalized spacial score (nSPS) is 18.5. The van der Waals surface area contributed by atoms with Gasteiger partial charge in [-0.05, 0) is 58.7 Å². The zero-order valence-electron chi connectivity index (χ0n) is 17.5. The summed E-state index contributed by atoms with van der Waals surface area (Å²) < 4.78 is 2.28. The number of halogens is 1. The van der Waals surface area contributed by atoms with Gasteiger partial charge >= 0.3 is 0 Å². The molecule has 0 bridgehead atoms. The lowest BCUT2D eigenvalue weighted by molar-refractivity contribution is 0.282. The second-order valence-corrected chi connectivity index (χ2v) is 7.73. The van der Waals surface area contributed by atoms with E-state index in [2.05, 4.69) is 37.2 Å². The summed E-state index contributed by atoms with van der Waals surface area (Å²) >= 11 is 0. The van der Waals surface area contributed by atoms with Gasteiger partial charge in [0.25, 0.3) is 0 Å². The van der Waals surface area contributed by atoms with Crippen LogP contribution >= 0.6 is 24.0 Å². The molecule has 0 spiro atoms. The Balaban J connectivity index is 0.00000280. The summed E-state index contributed by atoms with van der Waals surface area (Å²) in [6, 6.07) is 0. The molecule has 3 heterocycles. The highest BCUT2D eigenvalue weighted by atomic mass is 127. The van der Waals surface area contributed by atoms with Crippen LogP contribution < -0.4 is 10.6 Å². The number of fused-ring (bicyclic) bond motifs is 1. The van der Waals surface area contributed by atoms with Crippen molar-refractivity contribution >= 4 is 29.9 Å². The van der Waals surface area contributed by atoms with Gasteiger partial charge in [0.15, 0.2) is 11.8 Å². The first-order valence-electron chi connectivity index (χ1n) is 11.0. The fraction of sp³-hybridized carbons (Fsp3) is 0.850. The van der Waals surface area contributed by atoms with Crippen molar-refractivity contribution in [2.24, 2.45) is 4.99 Å². The van der Waals surface area contributed by atoms with Gasteiger partial charge in [0.05, 0.1) is 0 Å². The van der Waals surface area contributed by atoms with Crippen molar-refractivity contribution in [3.63, 3.8) is 0 Å². The molecule has 1 saturated heterocycles. The predicted octanol–water partition coefficient (Wildman–Crippen LogP) is 2.94. The molecule has 2 aliphatic heterocycles. The average Bonchev–Trinajstić information content (AvgIpc) is 2.88. The minimum absolute atomic E-state index is 0. The number of aromatic nitrogens is 3. The molecular formula is C20H38IN7.